The molecule has 1 N–H and O–H groups in total. The van der Waals surface area contributed by atoms with Crippen LogP contribution in [0.15, 0.2) is 18.5 Å². The highest BCUT2D eigenvalue weighted by Gasteiger charge is 2.49. The van der Waals surface area contributed by atoms with E-state index in [4.69, 9.17) is 0 Å². The van der Waals surface area contributed by atoms with Gasteiger partial charge in [0.15, 0.2) is 0 Å². The van der Waals surface area contributed by atoms with E-state index in [1.165, 1.54) is 11.1 Å². The van der Waals surface area contributed by atoms with E-state index >= 15 is 0 Å². The predicted octanol–water partition coefficient (Wildman–Crippen LogP) is 2.08. The molecule has 1 unspecified atom stereocenters. The largest absolute Gasteiger partial charge is 0.479 e. The van der Waals surface area contributed by atoms with Crippen LogP contribution in [0.5, 0.6) is 0 Å². The number of amides is 1. The molecule has 5 nitrogen and oxygen atoms in total. The summed E-state index contributed by atoms with van der Waals surface area (Å²) < 4.78 is 13.2. The SMILES string of the molecule is CCCC1(C(=O)O)CCCN1C(=O)c1cncc(F)c1. The molecule has 1 fully saturated rings. The fourth-order valence-corrected chi connectivity index (χ4v) is 2.86. The molecular weight excluding hydrogens is 263 g/mol. The van der Waals surface area contributed by atoms with E-state index < -0.39 is 23.2 Å². The highest BCUT2D eigenvalue weighted by atomic mass is 19.1. The average Bonchev–Trinajstić information content (AvgIpc) is 2.83. The van der Waals surface area contributed by atoms with Crippen molar-refractivity contribution in [1.82, 2.24) is 9.88 Å². The number of halogens is 1. The summed E-state index contributed by atoms with van der Waals surface area (Å²) in [5, 5.41) is 9.53. The Morgan fingerprint density at radius 1 is 1.50 bits per heavy atom. The lowest BCUT2D eigenvalue weighted by Crippen LogP contribution is -2.53. The summed E-state index contributed by atoms with van der Waals surface area (Å²) in [4.78, 5) is 29.1. The molecule has 20 heavy (non-hydrogen) atoms. The number of nitrogens with zero attached hydrogens (tertiary/aromatic N) is 2. The van der Waals surface area contributed by atoms with Gasteiger partial charge in [0.1, 0.15) is 11.4 Å². The van der Waals surface area contributed by atoms with Crippen LogP contribution in [0.25, 0.3) is 0 Å². The summed E-state index contributed by atoms with van der Waals surface area (Å²) in [5.74, 6) is -2.06. The topological polar surface area (TPSA) is 70.5 Å². The Hall–Kier alpha value is -1.98. The van der Waals surface area contributed by atoms with E-state index in [9.17, 15) is 19.1 Å². The summed E-state index contributed by atoms with van der Waals surface area (Å²) in [5.41, 5.74) is -1.08. The van der Waals surface area contributed by atoms with Gasteiger partial charge in [0.25, 0.3) is 5.91 Å². The number of hydrogen-bond donors (Lipinski definition) is 1. The molecule has 1 atom stereocenters. The zero-order chi connectivity index (χ0) is 14.8. The number of carboxylic acid groups (broad SMARTS) is 1. The Balaban J connectivity index is 2.34. The maximum atomic E-state index is 13.2. The summed E-state index contributed by atoms with van der Waals surface area (Å²) in [6.45, 7) is 2.26. The second kappa shape index (κ2) is 5.56. The number of hydrogen-bond acceptors (Lipinski definition) is 3. The van der Waals surface area contributed by atoms with Gasteiger partial charge in [-0.25, -0.2) is 9.18 Å². The van der Waals surface area contributed by atoms with Gasteiger partial charge in [0.2, 0.25) is 0 Å². The predicted molar refractivity (Wildman–Crippen MR) is 69.7 cm³/mol. The van der Waals surface area contributed by atoms with Crippen molar-refractivity contribution in [2.45, 2.75) is 38.1 Å². The zero-order valence-corrected chi connectivity index (χ0v) is 11.3. The van der Waals surface area contributed by atoms with E-state index in [0.717, 1.165) is 12.3 Å². The first-order valence-corrected chi connectivity index (χ1v) is 6.67. The molecule has 1 saturated heterocycles. The van der Waals surface area contributed by atoms with Crippen molar-refractivity contribution in [2.24, 2.45) is 0 Å². The Labute approximate surface area is 116 Å². The van der Waals surface area contributed by atoms with E-state index in [0.29, 0.717) is 32.2 Å². The summed E-state index contributed by atoms with van der Waals surface area (Å²) >= 11 is 0. The van der Waals surface area contributed by atoms with Gasteiger partial charge in [-0.3, -0.25) is 9.78 Å². The monoisotopic (exact) mass is 280 g/mol. The molecular formula is C14H17FN2O3. The molecule has 1 aromatic heterocycles. The van der Waals surface area contributed by atoms with Crippen molar-refractivity contribution in [3.63, 3.8) is 0 Å². The quantitative estimate of drug-likeness (QED) is 0.916. The number of aromatic nitrogens is 1. The van der Waals surface area contributed by atoms with Gasteiger partial charge in [-0.2, -0.15) is 0 Å². The molecule has 1 aliphatic rings. The molecule has 108 valence electrons. The van der Waals surface area contributed by atoms with Gasteiger partial charge in [-0.1, -0.05) is 13.3 Å². The third kappa shape index (κ3) is 2.37. The van der Waals surface area contributed by atoms with Crippen molar-refractivity contribution in [2.75, 3.05) is 6.54 Å². The Bertz CT molecular complexity index is 535. The molecule has 1 aliphatic heterocycles. The number of pyridine rings is 1. The van der Waals surface area contributed by atoms with Gasteiger partial charge in [-0.05, 0) is 25.3 Å². The normalized spacial score (nSPS) is 22.0. The van der Waals surface area contributed by atoms with Crippen LogP contribution < -0.4 is 0 Å². The summed E-state index contributed by atoms with van der Waals surface area (Å²) in [7, 11) is 0. The van der Waals surface area contributed by atoms with Crippen LogP contribution in [-0.4, -0.2) is 39.0 Å². The molecule has 2 heterocycles. The third-order valence-corrected chi connectivity index (χ3v) is 3.75. The van der Waals surface area contributed by atoms with Crippen molar-refractivity contribution >= 4 is 11.9 Å². The molecule has 0 saturated carbocycles. The Kier molecular flexibility index (Phi) is 4.01. The van der Waals surface area contributed by atoms with Crippen LogP contribution in [-0.2, 0) is 4.79 Å². The molecule has 0 bridgehead atoms. The molecule has 0 aliphatic carbocycles. The highest BCUT2D eigenvalue weighted by molar-refractivity contribution is 5.98. The fraction of sp³-hybridized carbons (Fsp3) is 0.500. The van der Waals surface area contributed by atoms with Gasteiger partial charge in [-0.15, -0.1) is 0 Å². The number of likely N-dealkylation sites (tertiary alicyclic amines) is 1. The lowest BCUT2D eigenvalue weighted by Gasteiger charge is -2.34. The van der Waals surface area contributed by atoms with Crippen LogP contribution in [0.2, 0.25) is 0 Å². The first-order valence-electron chi connectivity index (χ1n) is 6.67. The number of aliphatic carboxylic acids is 1. The molecule has 1 amide bonds. The van der Waals surface area contributed by atoms with Crippen molar-refractivity contribution in [3.8, 4) is 0 Å². The smallest absolute Gasteiger partial charge is 0.329 e. The molecule has 2 rings (SSSR count). The highest BCUT2D eigenvalue weighted by Crippen LogP contribution is 2.35. The minimum Gasteiger partial charge on any atom is -0.479 e. The number of carboxylic acids is 1. The first-order chi connectivity index (χ1) is 9.51. The number of carbonyl (C=O) groups excluding carboxylic acids is 1. The maximum absolute atomic E-state index is 13.2. The summed E-state index contributed by atoms with van der Waals surface area (Å²) in [6, 6.07) is 1.09. The van der Waals surface area contributed by atoms with E-state index in [1.807, 2.05) is 6.92 Å². The minimum atomic E-state index is -1.17. The van der Waals surface area contributed by atoms with Crippen LogP contribution in [0.4, 0.5) is 4.39 Å². The van der Waals surface area contributed by atoms with Crippen LogP contribution in [0.3, 0.4) is 0 Å². The van der Waals surface area contributed by atoms with Crippen molar-refractivity contribution in [1.29, 1.82) is 0 Å². The van der Waals surface area contributed by atoms with Crippen LogP contribution in [0.1, 0.15) is 43.0 Å². The second-order valence-corrected chi connectivity index (χ2v) is 5.04. The van der Waals surface area contributed by atoms with Crippen molar-refractivity contribution < 1.29 is 19.1 Å². The minimum absolute atomic E-state index is 0.0913. The van der Waals surface area contributed by atoms with Gasteiger partial charge in [0.05, 0.1) is 11.8 Å². The summed E-state index contributed by atoms with van der Waals surface area (Å²) in [6.07, 6.45) is 4.42. The molecule has 0 radical (unpaired) electrons. The Morgan fingerprint density at radius 2 is 2.25 bits per heavy atom. The van der Waals surface area contributed by atoms with Crippen molar-refractivity contribution in [3.05, 3.63) is 29.8 Å². The molecule has 1 aromatic rings. The van der Waals surface area contributed by atoms with E-state index in [-0.39, 0.29) is 5.56 Å². The standard InChI is InChI=1S/C14H17FN2O3/c1-2-4-14(13(19)20)5-3-6-17(14)12(18)10-7-11(15)9-16-8-10/h7-9H,2-6H2,1H3,(H,19,20). The number of carbonyl (C=O) groups is 2. The van der Waals surface area contributed by atoms with Crippen LogP contribution >= 0.6 is 0 Å². The van der Waals surface area contributed by atoms with E-state index in [1.54, 1.807) is 0 Å². The zero-order valence-electron chi connectivity index (χ0n) is 11.3. The van der Waals surface area contributed by atoms with E-state index in [2.05, 4.69) is 4.98 Å². The van der Waals surface area contributed by atoms with Crippen LogP contribution in [0, 0.1) is 5.82 Å². The second-order valence-electron chi connectivity index (χ2n) is 5.04. The van der Waals surface area contributed by atoms with Gasteiger partial charge in [0, 0.05) is 12.7 Å². The number of rotatable bonds is 4. The molecule has 6 heteroatoms. The maximum Gasteiger partial charge on any atom is 0.329 e. The lowest BCUT2D eigenvalue weighted by molar-refractivity contribution is -0.148. The van der Waals surface area contributed by atoms with Gasteiger partial charge < -0.3 is 10.0 Å². The van der Waals surface area contributed by atoms with Gasteiger partial charge >= 0.3 is 5.97 Å². The molecule has 0 spiro atoms. The average molecular weight is 280 g/mol. The fourth-order valence-electron chi connectivity index (χ4n) is 2.86. The Morgan fingerprint density at radius 3 is 2.85 bits per heavy atom. The lowest BCUT2D eigenvalue weighted by atomic mass is 9.90. The molecule has 0 aromatic carbocycles. The third-order valence-electron chi connectivity index (χ3n) is 3.75. The first kappa shape index (κ1) is 14.4.